The van der Waals surface area contributed by atoms with E-state index in [1.165, 1.54) is 0 Å². The highest BCUT2D eigenvalue weighted by Gasteiger charge is 2.11. The maximum absolute atomic E-state index is 5.83. The van der Waals surface area contributed by atoms with E-state index in [-0.39, 0.29) is 0 Å². The molecule has 90 valence electrons. The van der Waals surface area contributed by atoms with Gasteiger partial charge < -0.3 is 9.47 Å². The van der Waals surface area contributed by atoms with E-state index in [2.05, 4.69) is 5.10 Å². The van der Waals surface area contributed by atoms with E-state index in [0.717, 1.165) is 11.3 Å². The summed E-state index contributed by atoms with van der Waals surface area (Å²) in [5.74, 6) is 0. The Kier molecular flexibility index (Phi) is 3.78. The highest BCUT2D eigenvalue weighted by Crippen LogP contribution is 2.19. The Morgan fingerprint density at radius 3 is 2.41 bits per heavy atom. The highest BCUT2D eigenvalue weighted by atomic mass is 35.5. The van der Waals surface area contributed by atoms with E-state index in [1.807, 2.05) is 30.5 Å². The lowest BCUT2D eigenvalue weighted by atomic mass is 10.3. The predicted octanol–water partition coefficient (Wildman–Crippen LogP) is 2.82. The lowest BCUT2D eigenvalue weighted by molar-refractivity contribution is -0.106. The zero-order valence-electron chi connectivity index (χ0n) is 9.63. The van der Waals surface area contributed by atoms with Gasteiger partial charge in [-0.25, -0.2) is 4.68 Å². The van der Waals surface area contributed by atoms with Gasteiger partial charge in [-0.1, -0.05) is 11.6 Å². The standard InChI is InChI=1S/C12H13ClN2O2/c1-16-12(17-2)9-7-14-15(8-9)11-5-3-10(13)4-6-11/h3-8,12H,1-2H3. The molecule has 2 rings (SSSR count). The van der Waals surface area contributed by atoms with Crippen molar-refractivity contribution in [2.45, 2.75) is 6.29 Å². The summed E-state index contributed by atoms with van der Waals surface area (Å²) in [7, 11) is 3.18. The van der Waals surface area contributed by atoms with Gasteiger partial charge in [-0.3, -0.25) is 0 Å². The fraction of sp³-hybridized carbons (Fsp3) is 0.250. The summed E-state index contributed by atoms with van der Waals surface area (Å²) in [5, 5.41) is 4.95. The number of hydrogen-bond donors (Lipinski definition) is 0. The third-order valence-corrected chi connectivity index (χ3v) is 2.65. The van der Waals surface area contributed by atoms with Crippen LogP contribution < -0.4 is 0 Å². The monoisotopic (exact) mass is 252 g/mol. The molecule has 0 aliphatic heterocycles. The first-order chi connectivity index (χ1) is 8.24. The molecule has 0 aliphatic rings. The van der Waals surface area contributed by atoms with E-state index in [1.54, 1.807) is 25.1 Å². The molecule has 1 heterocycles. The van der Waals surface area contributed by atoms with Crippen molar-refractivity contribution >= 4 is 11.6 Å². The Labute approximate surface area is 105 Å². The first kappa shape index (κ1) is 12.1. The molecular weight excluding hydrogens is 240 g/mol. The average molecular weight is 253 g/mol. The van der Waals surface area contributed by atoms with Crippen molar-refractivity contribution < 1.29 is 9.47 Å². The van der Waals surface area contributed by atoms with Crippen LogP contribution in [0.15, 0.2) is 36.7 Å². The first-order valence-electron chi connectivity index (χ1n) is 5.10. The SMILES string of the molecule is COC(OC)c1cnn(-c2ccc(Cl)cc2)c1. The number of halogens is 1. The van der Waals surface area contributed by atoms with Crippen LogP contribution >= 0.6 is 11.6 Å². The van der Waals surface area contributed by atoms with Gasteiger partial charge in [0.1, 0.15) is 0 Å². The molecule has 0 spiro atoms. The largest absolute Gasteiger partial charge is 0.352 e. The second-order valence-electron chi connectivity index (χ2n) is 3.50. The topological polar surface area (TPSA) is 36.3 Å². The lowest BCUT2D eigenvalue weighted by Gasteiger charge is -2.10. The van der Waals surface area contributed by atoms with Crippen LogP contribution in [0, 0.1) is 0 Å². The summed E-state index contributed by atoms with van der Waals surface area (Å²) >= 11 is 5.83. The van der Waals surface area contributed by atoms with Gasteiger partial charge in [-0.05, 0) is 24.3 Å². The van der Waals surface area contributed by atoms with Gasteiger partial charge in [-0.15, -0.1) is 0 Å². The Balaban J connectivity index is 2.26. The van der Waals surface area contributed by atoms with Crippen molar-refractivity contribution in [3.8, 4) is 5.69 Å². The molecule has 0 unspecified atom stereocenters. The fourth-order valence-electron chi connectivity index (χ4n) is 1.56. The Morgan fingerprint density at radius 1 is 1.18 bits per heavy atom. The van der Waals surface area contributed by atoms with E-state index in [4.69, 9.17) is 21.1 Å². The minimum Gasteiger partial charge on any atom is -0.352 e. The molecule has 4 nitrogen and oxygen atoms in total. The number of aromatic nitrogens is 2. The molecule has 0 atom stereocenters. The molecule has 17 heavy (non-hydrogen) atoms. The van der Waals surface area contributed by atoms with Gasteiger partial charge in [0.15, 0.2) is 6.29 Å². The summed E-state index contributed by atoms with van der Waals surface area (Å²) in [6, 6.07) is 7.44. The van der Waals surface area contributed by atoms with Gasteiger partial charge in [0.2, 0.25) is 0 Å². The van der Waals surface area contributed by atoms with E-state index >= 15 is 0 Å². The fourth-order valence-corrected chi connectivity index (χ4v) is 1.69. The van der Waals surface area contributed by atoms with Crippen molar-refractivity contribution in [1.82, 2.24) is 9.78 Å². The quantitative estimate of drug-likeness (QED) is 0.785. The second-order valence-corrected chi connectivity index (χ2v) is 3.93. The van der Waals surface area contributed by atoms with Crippen LogP contribution in [0.3, 0.4) is 0 Å². The Morgan fingerprint density at radius 2 is 1.82 bits per heavy atom. The molecule has 5 heteroatoms. The second kappa shape index (κ2) is 5.31. The molecule has 0 radical (unpaired) electrons. The van der Waals surface area contributed by atoms with Gasteiger partial charge in [-0.2, -0.15) is 5.10 Å². The van der Waals surface area contributed by atoms with E-state index < -0.39 is 6.29 Å². The summed E-state index contributed by atoms with van der Waals surface area (Å²) in [6.45, 7) is 0. The van der Waals surface area contributed by atoms with Gasteiger partial charge in [0, 0.05) is 31.0 Å². The maximum Gasteiger partial charge on any atom is 0.186 e. The molecule has 1 aromatic carbocycles. The Hall–Kier alpha value is -1.36. The molecule has 1 aromatic heterocycles. The zero-order valence-corrected chi connectivity index (χ0v) is 10.4. The molecule has 0 aliphatic carbocycles. The number of benzene rings is 1. The smallest absolute Gasteiger partial charge is 0.186 e. The highest BCUT2D eigenvalue weighted by molar-refractivity contribution is 6.30. The molecule has 0 amide bonds. The van der Waals surface area contributed by atoms with Gasteiger partial charge in [0.25, 0.3) is 0 Å². The summed E-state index contributed by atoms with van der Waals surface area (Å²) in [4.78, 5) is 0. The number of methoxy groups -OCH3 is 2. The molecule has 0 saturated heterocycles. The average Bonchev–Trinajstić information content (AvgIpc) is 2.81. The first-order valence-corrected chi connectivity index (χ1v) is 5.48. The molecule has 0 bridgehead atoms. The minimum atomic E-state index is -0.393. The molecule has 0 fully saturated rings. The van der Waals surface area contributed by atoms with Crippen LogP contribution in [-0.4, -0.2) is 24.0 Å². The van der Waals surface area contributed by atoms with Crippen LogP contribution in [0.1, 0.15) is 11.9 Å². The Bertz CT molecular complexity index is 478. The number of nitrogens with zero attached hydrogens (tertiary/aromatic N) is 2. The predicted molar refractivity (Wildman–Crippen MR) is 65.3 cm³/mol. The summed E-state index contributed by atoms with van der Waals surface area (Å²) in [5.41, 5.74) is 1.80. The van der Waals surface area contributed by atoms with Crippen LogP contribution in [0.4, 0.5) is 0 Å². The number of ether oxygens (including phenoxy) is 2. The molecule has 0 N–H and O–H groups in total. The van der Waals surface area contributed by atoms with E-state index in [9.17, 15) is 0 Å². The van der Waals surface area contributed by atoms with Crippen LogP contribution in [0.5, 0.6) is 0 Å². The van der Waals surface area contributed by atoms with Crippen LogP contribution in [0.25, 0.3) is 5.69 Å². The summed E-state index contributed by atoms with van der Waals surface area (Å²) < 4.78 is 12.1. The van der Waals surface area contributed by atoms with Crippen molar-refractivity contribution in [2.24, 2.45) is 0 Å². The normalized spacial score (nSPS) is 11.1. The lowest BCUT2D eigenvalue weighted by Crippen LogP contribution is -2.02. The minimum absolute atomic E-state index is 0.393. The van der Waals surface area contributed by atoms with Crippen LogP contribution in [-0.2, 0) is 9.47 Å². The van der Waals surface area contributed by atoms with Crippen molar-refractivity contribution in [2.75, 3.05) is 14.2 Å². The number of rotatable bonds is 4. The van der Waals surface area contributed by atoms with Crippen molar-refractivity contribution in [1.29, 1.82) is 0 Å². The third-order valence-electron chi connectivity index (χ3n) is 2.39. The zero-order chi connectivity index (χ0) is 12.3. The third kappa shape index (κ3) is 2.66. The molecule has 0 saturated carbocycles. The van der Waals surface area contributed by atoms with Gasteiger partial charge in [0.05, 0.1) is 11.9 Å². The van der Waals surface area contributed by atoms with Crippen molar-refractivity contribution in [3.63, 3.8) is 0 Å². The van der Waals surface area contributed by atoms with Crippen molar-refractivity contribution in [3.05, 3.63) is 47.2 Å². The van der Waals surface area contributed by atoms with Crippen LogP contribution in [0.2, 0.25) is 5.02 Å². The van der Waals surface area contributed by atoms with Gasteiger partial charge >= 0.3 is 0 Å². The molecular formula is C12H13ClN2O2. The molecule has 2 aromatic rings. The summed E-state index contributed by atoms with van der Waals surface area (Å²) in [6.07, 6.45) is 3.18. The van der Waals surface area contributed by atoms with E-state index in [0.29, 0.717) is 5.02 Å². The maximum atomic E-state index is 5.83. The number of hydrogen-bond acceptors (Lipinski definition) is 3.